The van der Waals surface area contributed by atoms with Crippen molar-refractivity contribution in [3.63, 3.8) is 0 Å². The van der Waals surface area contributed by atoms with Gasteiger partial charge in [0.1, 0.15) is 0 Å². The van der Waals surface area contributed by atoms with Gasteiger partial charge in [-0.25, -0.2) is 9.98 Å². The van der Waals surface area contributed by atoms with Crippen molar-refractivity contribution in [3.05, 3.63) is 24.3 Å². The summed E-state index contributed by atoms with van der Waals surface area (Å²) in [6.07, 6.45) is 4.33. The molecule has 26 heavy (non-hydrogen) atoms. The van der Waals surface area contributed by atoms with Crippen LogP contribution in [0.25, 0.3) is 10.8 Å². The molecule has 2 aromatic carbocycles. The summed E-state index contributed by atoms with van der Waals surface area (Å²) in [7, 11) is 0. The zero-order valence-electron chi connectivity index (χ0n) is 15.1. The maximum Gasteiger partial charge on any atom is 0.255 e. The Labute approximate surface area is 162 Å². The SMILES string of the molecule is CCCCOC1=Nc2ccc3c4c(ccc(c24)S1)N=C(OCCCC)S3. The molecule has 4 nitrogen and oxygen atoms in total. The molecule has 2 aliphatic heterocycles. The van der Waals surface area contributed by atoms with Gasteiger partial charge in [0, 0.05) is 20.6 Å². The van der Waals surface area contributed by atoms with Crippen LogP contribution in [-0.4, -0.2) is 23.7 Å². The molecular formula is C20H22N2O2S2. The average Bonchev–Trinajstić information content (AvgIpc) is 2.66. The summed E-state index contributed by atoms with van der Waals surface area (Å²) in [5.74, 6) is 0. The summed E-state index contributed by atoms with van der Waals surface area (Å²) >= 11 is 3.22. The quantitative estimate of drug-likeness (QED) is 0.521. The molecule has 0 N–H and O–H groups in total. The van der Waals surface area contributed by atoms with Crippen LogP contribution in [0, 0.1) is 0 Å². The summed E-state index contributed by atoms with van der Waals surface area (Å²) in [5.41, 5.74) is 1.94. The molecule has 0 saturated carbocycles. The van der Waals surface area contributed by atoms with Crippen molar-refractivity contribution in [1.82, 2.24) is 0 Å². The van der Waals surface area contributed by atoms with Crippen LogP contribution >= 0.6 is 23.5 Å². The van der Waals surface area contributed by atoms with E-state index in [-0.39, 0.29) is 0 Å². The average molecular weight is 387 g/mol. The molecule has 0 radical (unpaired) electrons. The molecule has 2 heterocycles. The molecule has 0 aromatic heterocycles. The van der Waals surface area contributed by atoms with E-state index < -0.39 is 0 Å². The van der Waals surface area contributed by atoms with Crippen LogP contribution in [0.15, 0.2) is 44.0 Å². The third kappa shape index (κ3) is 3.45. The maximum absolute atomic E-state index is 5.84. The van der Waals surface area contributed by atoms with Gasteiger partial charge in [0.2, 0.25) is 0 Å². The van der Waals surface area contributed by atoms with E-state index in [1.807, 2.05) is 0 Å². The van der Waals surface area contributed by atoms with Gasteiger partial charge in [-0.3, -0.25) is 0 Å². The van der Waals surface area contributed by atoms with Gasteiger partial charge in [0.05, 0.1) is 24.6 Å². The van der Waals surface area contributed by atoms with Crippen molar-refractivity contribution >= 4 is 56.1 Å². The van der Waals surface area contributed by atoms with Crippen molar-refractivity contribution in [2.24, 2.45) is 9.98 Å². The van der Waals surface area contributed by atoms with Crippen LogP contribution in [0.1, 0.15) is 39.5 Å². The van der Waals surface area contributed by atoms with Gasteiger partial charge in [-0.15, -0.1) is 0 Å². The topological polar surface area (TPSA) is 43.2 Å². The number of benzene rings is 2. The second kappa shape index (κ2) is 7.92. The molecule has 0 saturated heterocycles. The highest BCUT2D eigenvalue weighted by Crippen LogP contribution is 2.49. The molecule has 0 fully saturated rings. The van der Waals surface area contributed by atoms with Gasteiger partial charge < -0.3 is 9.47 Å². The highest BCUT2D eigenvalue weighted by molar-refractivity contribution is 8.14. The summed E-state index contributed by atoms with van der Waals surface area (Å²) in [4.78, 5) is 11.8. The third-order valence-electron chi connectivity index (χ3n) is 4.31. The first-order chi connectivity index (χ1) is 12.8. The van der Waals surface area contributed by atoms with E-state index in [1.54, 1.807) is 23.5 Å². The Balaban J connectivity index is 1.67. The monoisotopic (exact) mass is 386 g/mol. The molecule has 2 aliphatic rings. The van der Waals surface area contributed by atoms with Crippen LogP contribution in [0.5, 0.6) is 0 Å². The summed E-state index contributed by atoms with van der Waals surface area (Å²) < 4.78 is 11.7. The number of unbranched alkanes of at least 4 members (excludes halogenated alkanes) is 2. The first kappa shape index (κ1) is 17.7. The Bertz CT molecular complexity index is 820. The number of hydrogen-bond donors (Lipinski definition) is 0. The van der Waals surface area contributed by atoms with Crippen molar-refractivity contribution in [1.29, 1.82) is 0 Å². The van der Waals surface area contributed by atoms with Crippen molar-refractivity contribution < 1.29 is 9.47 Å². The standard InChI is InChI=1S/C20H22N2O2S2/c1-3-5-11-23-19-21-13-7-10-16-18-14(8-9-15(25-19)17(13)18)22-20(26-16)24-12-6-4-2/h7-10H,3-6,11-12H2,1-2H3. The lowest BCUT2D eigenvalue weighted by Crippen LogP contribution is -2.07. The molecule has 0 atom stereocenters. The van der Waals surface area contributed by atoms with Crippen LogP contribution in [0.4, 0.5) is 11.4 Å². The zero-order valence-corrected chi connectivity index (χ0v) is 16.7. The van der Waals surface area contributed by atoms with Gasteiger partial charge >= 0.3 is 0 Å². The minimum Gasteiger partial charge on any atom is -0.473 e. The Kier molecular flexibility index (Phi) is 5.41. The molecular weight excluding hydrogens is 364 g/mol. The van der Waals surface area contributed by atoms with E-state index in [4.69, 9.17) is 19.5 Å². The number of nitrogens with zero attached hydrogens (tertiary/aromatic N) is 2. The lowest BCUT2D eigenvalue weighted by molar-refractivity contribution is 0.306. The van der Waals surface area contributed by atoms with Crippen LogP contribution in [0.2, 0.25) is 0 Å². The second-order valence-corrected chi connectivity index (χ2v) is 8.27. The van der Waals surface area contributed by atoms with Crippen LogP contribution in [0.3, 0.4) is 0 Å². The van der Waals surface area contributed by atoms with E-state index in [2.05, 4.69) is 38.1 Å². The number of thioether (sulfide) groups is 2. The summed E-state index contributed by atoms with van der Waals surface area (Å²) in [6.45, 7) is 5.76. The summed E-state index contributed by atoms with van der Waals surface area (Å²) in [6, 6.07) is 8.40. The fraction of sp³-hybridized carbons (Fsp3) is 0.400. The first-order valence-electron chi connectivity index (χ1n) is 9.18. The fourth-order valence-electron chi connectivity index (χ4n) is 2.92. The van der Waals surface area contributed by atoms with Crippen molar-refractivity contribution in [2.45, 2.75) is 49.3 Å². The normalized spacial score (nSPS) is 14.8. The van der Waals surface area contributed by atoms with Crippen LogP contribution < -0.4 is 0 Å². The maximum atomic E-state index is 5.84. The highest BCUT2D eigenvalue weighted by Gasteiger charge is 2.24. The molecule has 6 heteroatoms. The van der Waals surface area contributed by atoms with Crippen LogP contribution in [-0.2, 0) is 9.47 Å². The van der Waals surface area contributed by atoms with Gasteiger partial charge in [-0.2, -0.15) is 0 Å². The molecule has 0 spiro atoms. The Morgan fingerprint density at radius 2 is 1.19 bits per heavy atom. The minimum atomic E-state index is 0.718. The van der Waals surface area contributed by atoms with E-state index >= 15 is 0 Å². The van der Waals surface area contributed by atoms with E-state index in [1.165, 1.54) is 20.6 Å². The fourth-order valence-corrected chi connectivity index (χ4v) is 4.75. The zero-order chi connectivity index (χ0) is 17.9. The molecule has 2 aromatic rings. The van der Waals surface area contributed by atoms with Gasteiger partial charge in [0.15, 0.2) is 0 Å². The Morgan fingerprint density at radius 3 is 1.62 bits per heavy atom. The molecule has 136 valence electrons. The first-order valence-corrected chi connectivity index (χ1v) is 10.8. The molecule has 0 bridgehead atoms. The molecule has 0 unspecified atom stereocenters. The molecule has 0 amide bonds. The number of aliphatic imine (C=N–C) groups is 2. The van der Waals surface area contributed by atoms with E-state index in [0.717, 1.165) is 60.7 Å². The predicted molar refractivity (Wildman–Crippen MR) is 112 cm³/mol. The largest absolute Gasteiger partial charge is 0.473 e. The second-order valence-electron chi connectivity index (χ2n) is 6.28. The molecule has 0 aliphatic carbocycles. The number of hydrogen-bond acceptors (Lipinski definition) is 6. The van der Waals surface area contributed by atoms with E-state index in [9.17, 15) is 0 Å². The number of ether oxygens (including phenoxy) is 2. The lowest BCUT2D eigenvalue weighted by atomic mass is 10.1. The number of rotatable bonds is 6. The Hall–Kier alpha value is -1.66. The third-order valence-corrected chi connectivity index (χ3v) is 6.19. The van der Waals surface area contributed by atoms with Gasteiger partial charge in [-0.05, 0) is 60.6 Å². The smallest absolute Gasteiger partial charge is 0.255 e. The van der Waals surface area contributed by atoms with Crippen molar-refractivity contribution in [3.8, 4) is 0 Å². The lowest BCUT2D eigenvalue weighted by Gasteiger charge is -2.22. The minimum absolute atomic E-state index is 0.718. The molecule has 4 rings (SSSR count). The highest BCUT2D eigenvalue weighted by atomic mass is 32.2. The van der Waals surface area contributed by atoms with Crippen molar-refractivity contribution in [2.75, 3.05) is 13.2 Å². The van der Waals surface area contributed by atoms with Gasteiger partial charge in [0.25, 0.3) is 10.5 Å². The van der Waals surface area contributed by atoms with E-state index in [0.29, 0.717) is 0 Å². The van der Waals surface area contributed by atoms with Gasteiger partial charge in [-0.1, -0.05) is 26.7 Å². The predicted octanol–water partition coefficient (Wildman–Crippen LogP) is 6.66. The Morgan fingerprint density at radius 1 is 0.731 bits per heavy atom. The summed E-state index contributed by atoms with van der Waals surface area (Å²) in [5, 5.41) is 3.84.